The van der Waals surface area contributed by atoms with Crippen LogP contribution >= 0.6 is 11.6 Å². The van der Waals surface area contributed by atoms with Gasteiger partial charge < -0.3 is 5.32 Å². The minimum atomic E-state index is 0.430. The van der Waals surface area contributed by atoms with Crippen LogP contribution in [0.5, 0.6) is 0 Å². The summed E-state index contributed by atoms with van der Waals surface area (Å²) < 4.78 is 0. The van der Waals surface area contributed by atoms with E-state index < -0.39 is 0 Å². The summed E-state index contributed by atoms with van der Waals surface area (Å²) in [5, 5.41) is 3.66. The highest BCUT2D eigenvalue weighted by Crippen LogP contribution is 2.25. The predicted molar refractivity (Wildman–Crippen MR) is 65.8 cm³/mol. The number of nitrogens with zero attached hydrogens (tertiary/aromatic N) is 3. The summed E-state index contributed by atoms with van der Waals surface area (Å²) in [6.07, 6.45) is 5.93. The van der Waals surface area contributed by atoms with Gasteiger partial charge in [-0.15, -0.1) is 0 Å². The van der Waals surface area contributed by atoms with Crippen molar-refractivity contribution < 1.29 is 0 Å². The van der Waals surface area contributed by atoms with Gasteiger partial charge in [-0.05, 0) is 19.4 Å². The Labute approximate surface area is 101 Å². The van der Waals surface area contributed by atoms with Crippen LogP contribution in [-0.2, 0) is 0 Å². The Bertz CT molecular complexity index is 341. The molecule has 4 nitrogen and oxygen atoms in total. The lowest BCUT2D eigenvalue weighted by atomic mass is 10.4. The summed E-state index contributed by atoms with van der Waals surface area (Å²) in [5.74, 6) is 0.749. The number of rotatable bonds is 6. The Balaban J connectivity index is 1.74. The SMILES string of the molecule is CCN(CCNc1cncc(Cl)n1)C1CC1. The normalized spacial score (nSPS) is 15.4. The molecule has 0 radical (unpaired) electrons. The second-order valence-electron chi connectivity index (χ2n) is 4.01. The van der Waals surface area contributed by atoms with Gasteiger partial charge >= 0.3 is 0 Å². The monoisotopic (exact) mass is 240 g/mol. The number of hydrogen-bond donors (Lipinski definition) is 1. The van der Waals surface area contributed by atoms with E-state index in [9.17, 15) is 0 Å². The molecule has 0 unspecified atom stereocenters. The fourth-order valence-corrected chi connectivity index (χ4v) is 1.94. The van der Waals surface area contributed by atoms with E-state index in [1.54, 1.807) is 6.20 Å². The van der Waals surface area contributed by atoms with Crippen molar-refractivity contribution in [2.45, 2.75) is 25.8 Å². The van der Waals surface area contributed by atoms with Crippen molar-refractivity contribution in [1.82, 2.24) is 14.9 Å². The minimum absolute atomic E-state index is 0.430. The molecule has 1 heterocycles. The standard InChI is InChI=1S/C11H17ClN4/c1-2-16(9-3-4-9)6-5-14-11-8-13-7-10(12)15-11/h7-9H,2-6H2,1H3,(H,14,15). The summed E-state index contributed by atoms with van der Waals surface area (Å²) in [7, 11) is 0. The van der Waals surface area contributed by atoms with E-state index in [2.05, 4.69) is 27.1 Å². The van der Waals surface area contributed by atoms with Gasteiger partial charge in [0.05, 0.1) is 12.4 Å². The van der Waals surface area contributed by atoms with E-state index in [1.807, 2.05) is 0 Å². The van der Waals surface area contributed by atoms with Crippen molar-refractivity contribution in [3.05, 3.63) is 17.5 Å². The molecule has 1 N–H and O–H groups in total. The molecule has 2 rings (SSSR count). The molecular formula is C11H17ClN4. The topological polar surface area (TPSA) is 41.0 Å². The van der Waals surface area contributed by atoms with E-state index >= 15 is 0 Å². The predicted octanol–water partition coefficient (Wildman–Crippen LogP) is 2.03. The zero-order chi connectivity index (χ0) is 11.4. The van der Waals surface area contributed by atoms with Crippen LogP contribution in [0.2, 0.25) is 5.15 Å². The molecule has 1 aliphatic rings. The molecule has 1 aromatic heterocycles. The van der Waals surface area contributed by atoms with Crippen LogP contribution in [0.25, 0.3) is 0 Å². The quantitative estimate of drug-likeness (QED) is 0.826. The summed E-state index contributed by atoms with van der Waals surface area (Å²) in [4.78, 5) is 10.6. The number of aromatic nitrogens is 2. The molecule has 0 saturated heterocycles. The smallest absolute Gasteiger partial charge is 0.149 e. The van der Waals surface area contributed by atoms with Crippen LogP contribution in [0.1, 0.15) is 19.8 Å². The van der Waals surface area contributed by atoms with Gasteiger partial charge in [0, 0.05) is 19.1 Å². The third kappa shape index (κ3) is 3.32. The highest BCUT2D eigenvalue weighted by Gasteiger charge is 2.26. The second kappa shape index (κ2) is 5.46. The number of anilines is 1. The van der Waals surface area contributed by atoms with E-state index in [4.69, 9.17) is 11.6 Å². The van der Waals surface area contributed by atoms with Gasteiger partial charge in [0.15, 0.2) is 0 Å². The molecule has 1 aromatic rings. The molecule has 0 aromatic carbocycles. The lowest BCUT2D eigenvalue weighted by molar-refractivity contribution is 0.289. The lowest BCUT2D eigenvalue weighted by Crippen LogP contribution is -2.31. The van der Waals surface area contributed by atoms with Crippen molar-refractivity contribution in [3.8, 4) is 0 Å². The summed E-state index contributed by atoms with van der Waals surface area (Å²) in [6, 6.07) is 0.817. The first kappa shape index (κ1) is 11.6. The Morgan fingerprint density at radius 1 is 1.50 bits per heavy atom. The maximum absolute atomic E-state index is 5.75. The maximum Gasteiger partial charge on any atom is 0.149 e. The van der Waals surface area contributed by atoms with Gasteiger partial charge in [0.2, 0.25) is 0 Å². The Morgan fingerprint density at radius 2 is 2.31 bits per heavy atom. The molecule has 0 amide bonds. The number of halogens is 1. The molecule has 16 heavy (non-hydrogen) atoms. The molecule has 0 atom stereocenters. The molecular weight excluding hydrogens is 224 g/mol. The van der Waals surface area contributed by atoms with Crippen LogP contribution in [-0.4, -0.2) is 40.5 Å². The van der Waals surface area contributed by atoms with Crippen molar-refractivity contribution in [3.63, 3.8) is 0 Å². The third-order valence-electron chi connectivity index (χ3n) is 2.78. The molecule has 1 saturated carbocycles. The zero-order valence-corrected chi connectivity index (χ0v) is 10.2. The van der Waals surface area contributed by atoms with Crippen LogP contribution in [0, 0.1) is 0 Å². The first-order chi connectivity index (χ1) is 7.79. The van der Waals surface area contributed by atoms with Gasteiger partial charge in [-0.25, -0.2) is 4.98 Å². The van der Waals surface area contributed by atoms with Gasteiger partial charge in [-0.2, -0.15) is 0 Å². The first-order valence-corrected chi connectivity index (χ1v) is 6.13. The van der Waals surface area contributed by atoms with Crippen LogP contribution < -0.4 is 5.32 Å². The van der Waals surface area contributed by atoms with E-state index in [1.165, 1.54) is 19.0 Å². The van der Waals surface area contributed by atoms with Crippen molar-refractivity contribution in [2.75, 3.05) is 25.0 Å². The third-order valence-corrected chi connectivity index (χ3v) is 2.96. The largest absolute Gasteiger partial charge is 0.367 e. The zero-order valence-electron chi connectivity index (χ0n) is 9.49. The van der Waals surface area contributed by atoms with Crippen LogP contribution in [0.15, 0.2) is 12.4 Å². The van der Waals surface area contributed by atoms with Crippen molar-refractivity contribution in [2.24, 2.45) is 0 Å². The van der Waals surface area contributed by atoms with Crippen LogP contribution in [0.3, 0.4) is 0 Å². The van der Waals surface area contributed by atoms with Gasteiger partial charge in [-0.1, -0.05) is 18.5 Å². The summed E-state index contributed by atoms with van der Waals surface area (Å²) in [5.41, 5.74) is 0. The van der Waals surface area contributed by atoms with Crippen LogP contribution in [0.4, 0.5) is 5.82 Å². The minimum Gasteiger partial charge on any atom is -0.367 e. The summed E-state index contributed by atoms with van der Waals surface area (Å²) >= 11 is 5.75. The number of likely N-dealkylation sites (N-methyl/N-ethyl adjacent to an activating group) is 1. The molecule has 1 fully saturated rings. The van der Waals surface area contributed by atoms with Crippen molar-refractivity contribution >= 4 is 17.4 Å². The molecule has 0 bridgehead atoms. The first-order valence-electron chi connectivity index (χ1n) is 5.75. The highest BCUT2D eigenvalue weighted by atomic mass is 35.5. The fraction of sp³-hybridized carbons (Fsp3) is 0.636. The average molecular weight is 241 g/mol. The van der Waals surface area contributed by atoms with Gasteiger partial charge in [-0.3, -0.25) is 9.88 Å². The van der Waals surface area contributed by atoms with Crippen molar-refractivity contribution in [1.29, 1.82) is 0 Å². The molecule has 88 valence electrons. The van der Waals surface area contributed by atoms with Gasteiger partial charge in [0.1, 0.15) is 11.0 Å². The van der Waals surface area contributed by atoms with E-state index in [0.29, 0.717) is 5.15 Å². The molecule has 1 aliphatic carbocycles. The Morgan fingerprint density at radius 3 is 2.94 bits per heavy atom. The molecule has 5 heteroatoms. The number of hydrogen-bond acceptors (Lipinski definition) is 4. The lowest BCUT2D eigenvalue weighted by Gasteiger charge is -2.19. The average Bonchev–Trinajstić information content (AvgIpc) is 3.08. The Kier molecular flexibility index (Phi) is 3.96. The Hall–Kier alpha value is -0.870. The highest BCUT2D eigenvalue weighted by molar-refractivity contribution is 6.29. The molecule has 0 aliphatic heterocycles. The maximum atomic E-state index is 5.75. The van der Waals surface area contributed by atoms with E-state index in [-0.39, 0.29) is 0 Å². The molecule has 0 spiro atoms. The fourth-order valence-electron chi connectivity index (χ4n) is 1.79. The van der Waals surface area contributed by atoms with Gasteiger partial charge in [0.25, 0.3) is 0 Å². The summed E-state index contributed by atoms with van der Waals surface area (Å²) in [6.45, 7) is 5.26. The number of nitrogens with one attached hydrogen (secondary N) is 1. The van der Waals surface area contributed by atoms with E-state index in [0.717, 1.165) is 31.5 Å². The second-order valence-corrected chi connectivity index (χ2v) is 4.40.